The van der Waals surface area contributed by atoms with Crippen LogP contribution in [0.1, 0.15) is 37.2 Å². The first-order valence-electron chi connectivity index (χ1n) is 10.7. The lowest BCUT2D eigenvalue weighted by atomic mass is 9.69. The number of rotatable bonds is 7. The molecule has 11 heteroatoms. The van der Waals surface area contributed by atoms with Crippen LogP contribution in [0.15, 0.2) is 48.7 Å². The summed E-state index contributed by atoms with van der Waals surface area (Å²) < 4.78 is 20.2. The van der Waals surface area contributed by atoms with Crippen molar-refractivity contribution in [1.29, 1.82) is 0 Å². The standard InChI is InChI=1S/C22H22ClFN8O/c23-16-4-2-5-17(20(16)24)33-15-7-10-22(11-8-15,21-29-31-32-30-21)13-14-3-1-6-18(26-14)27-19-9-12-25-28-19/h1-6,9,12,15H,7-8,10-11,13H2,(H2,25,26,27,28)(H,29,30,31,32). The first-order chi connectivity index (χ1) is 16.1. The second kappa shape index (κ2) is 9.14. The van der Waals surface area contributed by atoms with Gasteiger partial charge in [0.1, 0.15) is 11.6 Å². The summed E-state index contributed by atoms with van der Waals surface area (Å²) in [5.74, 6) is 1.79. The minimum atomic E-state index is -0.528. The normalized spacial score (nSPS) is 20.5. The Labute approximate surface area is 194 Å². The maximum atomic E-state index is 14.3. The minimum absolute atomic E-state index is 0.0548. The Kier molecular flexibility index (Phi) is 5.91. The number of aromatic amines is 2. The van der Waals surface area contributed by atoms with E-state index in [1.54, 1.807) is 18.3 Å². The second-order valence-electron chi connectivity index (χ2n) is 8.17. The van der Waals surface area contributed by atoms with Gasteiger partial charge in [0.2, 0.25) is 0 Å². The molecule has 5 rings (SSSR count). The lowest BCUT2D eigenvalue weighted by Crippen LogP contribution is -2.38. The third kappa shape index (κ3) is 4.65. The largest absolute Gasteiger partial charge is 0.487 e. The van der Waals surface area contributed by atoms with Gasteiger partial charge in [0.15, 0.2) is 17.4 Å². The molecule has 0 aliphatic heterocycles. The second-order valence-corrected chi connectivity index (χ2v) is 8.58. The van der Waals surface area contributed by atoms with Crippen molar-refractivity contribution >= 4 is 23.2 Å². The van der Waals surface area contributed by atoms with Gasteiger partial charge in [0.05, 0.1) is 17.3 Å². The van der Waals surface area contributed by atoms with E-state index in [0.717, 1.165) is 24.4 Å². The molecule has 1 aliphatic carbocycles. The average molecular weight is 469 g/mol. The summed E-state index contributed by atoms with van der Waals surface area (Å²) in [6.07, 6.45) is 5.12. The van der Waals surface area contributed by atoms with Gasteiger partial charge in [-0.1, -0.05) is 28.9 Å². The van der Waals surface area contributed by atoms with Crippen LogP contribution in [0.5, 0.6) is 5.75 Å². The van der Waals surface area contributed by atoms with Crippen molar-refractivity contribution in [2.45, 2.75) is 43.6 Å². The minimum Gasteiger partial charge on any atom is -0.487 e. The van der Waals surface area contributed by atoms with E-state index in [1.165, 1.54) is 6.07 Å². The molecule has 0 saturated heterocycles. The molecule has 0 bridgehead atoms. The number of hydrogen-bond acceptors (Lipinski definition) is 7. The number of nitrogens with zero attached hydrogens (tertiary/aromatic N) is 5. The predicted octanol–water partition coefficient (Wildman–Crippen LogP) is 4.36. The summed E-state index contributed by atoms with van der Waals surface area (Å²) in [7, 11) is 0. The van der Waals surface area contributed by atoms with Gasteiger partial charge in [-0.3, -0.25) is 5.10 Å². The summed E-state index contributed by atoms with van der Waals surface area (Å²) >= 11 is 5.89. The monoisotopic (exact) mass is 468 g/mol. The van der Waals surface area contributed by atoms with Crippen LogP contribution >= 0.6 is 11.6 Å². The highest BCUT2D eigenvalue weighted by atomic mass is 35.5. The van der Waals surface area contributed by atoms with Gasteiger partial charge in [0.25, 0.3) is 0 Å². The van der Waals surface area contributed by atoms with Crippen molar-refractivity contribution < 1.29 is 9.13 Å². The lowest BCUT2D eigenvalue weighted by Gasteiger charge is -2.37. The van der Waals surface area contributed by atoms with Crippen LogP contribution in [0.3, 0.4) is 0 Å². The third-order valence-electron chi connectivity index (χ3n) is 6.01. The van der Waals surface area contributed by atoms with Crippen molar-refractivity contribution in [3.8, 4) is 5.75 Å². The first-order valence-corrected chi connectivity index (χ1v) is 11.1. The van der Waals surface area contributed by atoms with E-state index in [2.05, 4.69) is 36.1 Å². The molecule has 1 aromatic carbocycles. The van der Waals surface area contributed by atoms with Crippen LogP contribution in [-0.2, 0) is 11.8 Å². The first kappa shape index (κ1) is 21.3. The quantitative estimate of drug-likeness (QED) is 0.369. The number of aromatic nitrogens is 7. The van der Waals surface area contributed by atoms with Gasteiger partial charge < -0.3 is 10.1 Å². The zero-order valence-electron chi connectivity index (χ0n) is 17.6. The number of H-pyrrole nitrogens is 2. The highest BCUT2D eigenvalue weighted by Crippen LogP contribution is 2.41. The summed E-state index contributed by atoms with van der Waals surface area (Å²) in [4.78, 5) is 4.76. The topological polar surface area (TPSA) is 117 Å². The average Bonchev–Trinajstić information content (AvgIpc) is 3.54. The van der Waals surface area contributed by atoms with Gasteiger partial charge in [-0.25, -0.2) is 9.37 Å². The van der Waals surface area contributed by atoms with E-state index >= 15 is 0 Å². The smallest absolute Gasteiger partial charge is 0.183 e. The summed E-state index contributed by atoms with van der Waals surface area (Å²) in [6, 6.07) is 12.5. The Morgan fingerprint density at radius 3 is 2.76 bits per heavy atom. The van der Waals surface area contributed by atoms with Gasteiger partial charge in [-0.2, -0.15) is 10.3 Å². The highest BCUT2D eigenvalue weighted by Gasteiger charge is 2.41. The molecule has 4 aromatic rings. The van der Waals surface area contributed by atoms with Gasteiger partial charge >= 0.3 is 0 Å². The Balaban J connectivity index is 1.32. The molecule has 3 heterocycles. The van der Waals surface area contributed by atoms with Crippen LogP contribution in [0, 0.1) is 5.82 Å². The maximum Gasteiger partial charge on any atom is 0.183 e. The number of benzene rings is 1. The molecule has 0 radical (unpaired) electrons. The van der Waals surface area contributed by atoms with Gasteiger partial charge in [-0.05, 0) is 49.9 Å². The van der Waals surface area contributed by atoms with Gasteiger partial charge in [-0.15, -0.1) is 10.2 Å². The van der Waals surface area contributed by atoms with Crippen LogP contribution in [-0.4, -0.2) is 41.9 Å². The number of tetrazole rings is 1. The molecule has 33 heavy (non-hydrogen) atoms. The maximum absolute atomic E-state index is 14.3. The fourth-order valence-corrected chi connectivity index (χ4v) is 4.51. The SMILES string of the molecule is Fc1c(Cl)cccc1OC1CCC(Cc2cccc(Nc3ccn[nH]3)n2)(c2nn[nH]n2)CC1. The molecule has 170 valence electrons. The Morgan fingerprint density at radius 2 is 2.00 bits per heavy atom. The van der Waals surface area contributed by atoms with Gasteiger partial charge in [0, 0.05) is 23.6 Å². The fraction of sp³-hybridized carbons (Fsp3) is 0.318. The molecule has 1 fully saturated rings. The van der Waals surface area contributed by atoms with Crippen molar-refractivity contribution in [1.82, 2.24) is 35.8 Å². The third-order valence-corrected chi connectivity index (χ3v) is 6.30. The van der Waals surface area contributed by atoms with Crippen LogP contribution in [0.25, 0.3) is 0 Å². The number of pyridine rings is 1. The molecule has 0 amide bonds. The highest BCUT2D eigenvalue weighted by molar-refractivity contribution is 6.30. The van der Waals surface area contributed by atoms with E-state index in [0.29, 0.717) is 30.9 Å². The van der Waals surface area contributed by atoms with Crippen molar-refractivity contribution in [3.05, 3.63) is 71.0 Å². The number of ether oxygens (including phenoxy) is 1. The zero-order valence-corrected chi connectivity index (χ0v) is 18.4. The number of hydrogen-bond donors (Lipinski definition) is 3. The molecule has 9 nitrogen and oxygen atoms in total. The fourth-order valence-electron chi connectivity index (χ4n) is 4.34. The number of halogens is 2. The predicted molar refractivity (Wildman–Crippen MR) is 120 cm³/mol. The van der Waals surface area contributed by atoms with E-state index in [9.17, 15) is 4.39 Å². The molecule has 1 aliphatic rings. The van der Waals surface area contributed by atoms with Crippen LogP contribution in [0.4, 0.5) is 16.0 Å². The molecule has 1 saturated carbocycles. The lowest BCUT2D eigenvalue weighted by molar-refractivity contribution is 0.108. The molecule has 3 N–H and O–H groups in total. The Hall–Kier alpha value is -3.53. The van der Waals surface area contributed by atoms with Crippen molar-refractivity contribution in [3.63, 3.8) is 0 Å². The van der Waals surface area contributed by atoms with Crippen LogP contribution < -0.4 is 10.1 Å². The summed E-state index contributed by atoms with van der Waals surface area (Å²) in [5.41, 5.74) is 0.559. The van der Waals surface area contributed by atoms with Crippen molar-refractivity contribution in [2.75, 3.05) is 5.32 Å². The Morgan fingerprint density at radius 1 is 1.15 bits per heavy atom. The number of anilines is 2. The van der Waals surface area contributed by atoms with E-state index < -0.39 is 5.82 Å². The number of nitrogens with one attached hydrogen (secondary N) is 3. The Bertz CT molecular complexity index is 1190. The van der Waals surface area contributed by atoms with E-state index in [1.807, 2.05) is 24.3 Å². The summed E-state index contributed by atoms with van der Waals surface area (Å²) in [6.45, 7) is 0. The molecule has 0 atom stereocenters. The summed E-state index contributed by atoms with van der Waals surface area (Å²) in [5, 5.41) is 25.0. The zero-order chi connectivity index (χ0) is 22.7. The molecular formula is C22H22ClFN8O. The molecule has 0 spiro atoms. The van der Waals surface area contributed by atoms with E-state index in [4.69, 9.17) is 21.3 Å². The molecule has 3 aromatic heterocycles. The van der Waals surface area contributed by atoms with Crippen molar-refractivity contribution in [2.24, 2.45) is 0 Å². The molecular weight excluding hydrogens is 447 g/mol. The van der Waals surface area contributed by atoms with E-state index in [-0.39, 0.29) is 22.3 Å². The van der Waals surface area contributed by atoms with Crippen LogP contribution in [0.2, 0.25) is 5.02 Å². The molecule has 0 unspecified atom stereocenters.